The van der Waals surface area contributed by atoms with Crippen LogP contribution < -0.4 is 0 Å². The second kappa shape index (κ2) is 26.5. The van der Waals surface area contributed by atoms with Crippen LogP contribution in [0.25, 0.3) is 0 Å². The Kier molecular flexibility index (Phi) is 31.7. The third kappa shape index (κ3) is 29.1. The van der Waals surface area contributed by atoms with Gasteiger partial charge < -0.3 is 37.9 Å². The minimum atomic E-state index is -0.404. The number of carbonyl (C=O) groups is 2. The number of ether oxygens (including phenoxy) is 3. The average molecular weight is 1180 g/mol. The number of amides is 2. The van der Waals surface area contributed by atoms with Gasteiger partial charge >= 0.3 is 126 Å². The van der Waals surface area contributed by atoms with Crippen LogP contribution in [0, 0.1) is 13.8 Å². The molecule has 0 spiro atoms. The first kappa shape index (κ1) is 45.5. The molecule has 2 atom stereocenters. The molecular weight excluding hydrogens is 1130 g/mol. The Balaban J connectivity index is -0.000000471. The summed E-state index contributed by atoms with van der Waals surface area (Å²) < 4.78 is 15.8. The van der Waals surface area contributed by atoms with E-state index >= 15 is 0 Å². The Hall–Kier alpha value is 3.06. The zero-order valence-electron chi connectivity index (χ0n) is 23.7. The zero-order valence-corrected chi connectivity index (χ0v) is 37.3. The molecule has 0 aromatic rings. The van der Waals surface area contributed by atoms with E-state index in [2.05, 4.69) is 120 Å². The van der Waals surface area contributed by atoms with Crippen LogP contribution in [0.2, 0.25) is 0 Å². The Morgan fingerprint density at radius 3 is 1.63 bits per heavy atom. The van der Waals surface area contributed by atoms with Crippen LogP contribution in [0.15, 0.2) is 12.2 Å². The zero-order chi connectivity index (χ0) is 30.5. The molecule has 0 aliphatic carbocycles. The fourth-order valence-corrected chi connectivity index (χ4v) is 2.81. The number of hydrogen-bond acceptors (Lipinski definition) is 5. The quantitative estimate of drug-likeness (QED) is 0.105. The van der Waals surface area contributed by atoms with Gasteiger partial charge in [0.2, 0.25) is 0 Å². The summed E-state index contributed by atoms with van der Waals surface area (Å²) in [6, 6.07) is 0. The van der Waals surface area contributed by atoms with Gasteiger partial charge in [-0.25, -0.2) is 9.59 Å². The summed E-state index contributed by atoms with van der Waals surface area (Å²) in [5.74, 6) is 0. The maximum absolute atomic E-state index is 11.6. The monoisotopic (exact) mass is 1180 g/mol. The number of piperidine rings is 1. The molecule has 0 bridgehead atoms. The number of halogens is 5. The number of epoxide rings is 1. The number of carbonyl (C=O) groups excluding carboxylic acids is 2. The number of nitrogens with zero attached hydrogens (tertiary/aromatic N) is 2. The summed E-state index contributed by atoms with van der Waals surface area (Å²) in [6.07, 6.45) is 6.21. The third-order valence-electron chi connectivity index (χ3n) is 4.13. The van der Waals surface area contributed by atoms with Crippen LogP contribution >= 0.6 is 99.9 Å². The SMILES string of the molecule is CC(C)(C)OC(=O)N1CC=CCC1.CC(C)(C)OC(=O)N1CCC2OC2C1.[CH2-]C.[CH2-]C.[I][V]([I])[I].[I][V][I]. The van der Waals surface area contributed by atoms with Gasteiger partial charge in [-0.1, -0.05) is 12.2 Å². The van der Waals surface area contributed by atoms with Gasteiger partial charge in [0.15, 0.2) is 0 Å². The van der Waals surface area contributed by atoms with E-state index in [-0.39, 0.29) is 23.2 Å². The van der Waals surface area contributed by atoms with E-state index in [0.29, 0.717) is 28.7 Å². The summed E-state index contributed by atoms with van der Waals surface area (Å²) in [4.78, 5) is 26.3. The minimum absolute atomic E-state index is 0.211. The molecule has 3 heterocycles. The van der Waals surface area contributed by atoms with Gasteiger partial charge in [0.25, 0.3) is 0 Å². The predicted molar refractivity (Wildman–Crippen MR) is 195 cm³/mol. The molecule has 14 heteroatoms. The van der Waals surface area contributed by atoms with E-state index in [9.17, 15) is 9.59 Å². The predicted octanol–water partition coefficient (Wildman–Crippen LogP) is 9.68. The first-order valence-electron chi connectivity index (χ1n) is 12.0. The van der Waals surface area contributed by atoms with E-state index in [1.165, 1.54) is 0 Å². The topological polar surface area (TPSA) is 71.6 Å². The standard InChI is InChI=1S/C10H17NO3.C10H17NO2.2C2H5.5HI.2V/c1-10(2,3)14-9(12)11-5-4-7-8(6-11)13-7;1-10(2,3)13-9(12)11-7-5-4-6-8-11;2*1-2;;;;;;;/h7-8H,4-6H2,1-3H3;4-5H,6-8H2,1-3H3;2*1H2,2H3;5*1H;;/q;;2*-1;;;;;;+2;+3/p-5. The molecule has 2 amide bonds. The van der Waals surface area contributed by atoms with E-state index in [4.69, 9.17) is 14.2 Å². The van der Waals surface area contributed by atoms with Crippen LogP contribution in [-0.4, -0.2) is 71.6 Å². The summed E-state index contributed by atoms with van der Waals surface area (Å²) in [7, 11) is 0.628. The molecule has 3 rings (SSSR count). The molecule has 0 saturated carbocycles. The molecule has 2 unspecified atom stereocenters. The van der Waals surface area contributed by atoms with Crippen LogP contribution in [0.1, 0.15) is 68.2 Å². The first-order valence-corrected chi connectivity index (χ1v) is 34.5. The second-order valence-electron chi connectivity index (χ2n) is 9.37. The van der Waals surface area contributed by atoms with Gasteiger partial charge in [-0.15, -0.1) is 0 Å². The normalized spacial score (nSPS) is 18.9. The first-order chi connectivity index (χ1) is 17.6. The molecule has 227 valence electrons. The van der Waals surface area contributed by atoms with Crippen molar-refractivity contribution in [2.45, 2.75) is 91.6 Å². The van der Waals surface area contributed by atoms with Gasteiger partial charge in [0.05, 0.1) is 12.6 Å². The molecule has 0 N–H and O–H groups in total. The van der Waals surface area contributed by atoms with Crippen molar-refractivity contribution in [2.24, 2.45) is 0 Å². The van der Waals surface area contributed by atoms with Crippen LogP contribution in [0.3, 0.4) is 0 Å². The van der Waals surface area contributed by atoms with E-state index < -0.39 is 11.2 Å². The molecule has 2 fully saturated rings. The van der Waals surface area contributed by atoms with Crippen LogP contribution in [-0.2, 0) is 28.6 Å². The molecular formula is C24H44I5N2O5V2-2. The van der Waals surface area contributed by atoms with Crippen molar-refractivity contribution >= 4 is 112 Å². The van der Waals surface area contributed by atoms with Crippen LogP contribution in [0.5, 0.6) is 0 Å². The van der Waals surface area contributed by atoms with Gasteiger partial charge in [0.1, 0.15) is 17.3 Å². The van der Waals surface area contributed by atoms with Crippen molar-refractivity contribution in [1.82, 2.24) is 9.80 Å². The van der Waals surface area contributed by atoms with E-state index in [1.54, 1.807) is 23.6 Å². The third-order valence-corrected chi connectivity index (χ3v) is 4.13. The molecule has 0 aromatic carbocycles. The summed E-state index contributed by atoms with van der Waals surface area (Å²) in [5.41, 5.74) is -0.795. The molecule has 3 aliphatic rings. The molecule has 2 saturated heterocycles. The van der Waals surface area contributed by atoms with Crippen molar-refractivity contribution in [3.05, 3.63) is 26.0 Å². The van der Waals surface area contributed by atoms with Crippen molar-refractivity contribution in [3.63, 3.8) is 0 Å². The van der Waals surface area contributed by atoms with Gasteiger partial charge in [-0.2, -0.15) is 13.8 Å². The van der Waals surface area contributed by atoms with Crippen molar-refractivity contribution in [3.8, 4) is 0 Å². The molecule has 3 aliphatic heterocycles. The Morgan fingerprint density at radius 1 is 0.868 bits per heavy atom. The number of hydrogen-bond donors (Lipinski definition) is 0. The summed E-state index contributed by atoms with van der Waals surface area (Å²) in [6.45, 7) is 24.2. The van der Waals surface area contributed by atoms with Crippen LogP contribution in [0.4, 0.5) is 9.59 Å². The number of fused-ring (bicyclic) bond motifs is 1. The fourth-order valence-electron chi connectivity index (χ4n) is 2.81. The molecule has 7 nitrogen and oxygen atoms in total. The summed E-state index contributed by atoms with van der Waals surface area (Å²) >= 11 is 12.1. The Labute approximate surface area is 299 Å². The van der Waals surface area contributed by atoms with Crippen molar-refractivity contribution in [2.75, 3.05) is 26.2 Å². The number of likely N-dealkylation sites (tertiary alicyclic amines) is 1. The van der Waals surface area contributed by atoms with E-state index in [0.717, 1.165) is 25.9 Å². The maximum atomic E-state index is 11.6. The van der Waals surface area contributed by atoms with Gasteiger partial charge in [0, 0.05) is 19.6 Å². The molecule has 0 radical (unpaired) electrons. The van der Waals surface area contributed by atoms with E-state index in [1.807, 2.05) is 47.6 Å². The average Bonchev–Trinajstić information content (AvgIpc) is 3.60. The number of rotatable bonds is 0. The molecule has 38 heavy (non-hydrogen) atoms. The van der Waals surface area contributed by atoms with Crippen molar-refractivity contribution < 1.29 is 38.2 Å². The van der Waals surface area contributed by atoms with Crippen molar-refractivity contribution in [1.29, 1.82) is 0 Å². The summed E-state index contributed by atoms with van der Waals surface area (Å²) in [5, 5.41) is 0. The Bertz CT molecular complexity index is 648. The van der Waals surface area contributed by atoms with Gasteiger partial charge in [-0.05, 0) is 54.4 Å². The second-order valence-corrected chi connectivity index (χ2v) is 56.5. The Morgan fingerprint density at radius 2 is 1.29 bits per heavy atom. The molecule has 0 aromatic heterocycles. The fraction of sp³-hybridized carbons (Fsp3) is 0.750. The van der Waals surface area contributed by atoms with Gasteiger partial charge in [-0.3, -0.25) is 0 Å².